The fraction of sp³-hybridized carbons (Fsp3) is 0.136. The van der Waals surface area contributed by atoms with Crippen molar-refractivity contribution in [2.75, 3.05) is 0 Å². The minimum Gasteiger partial charge on any atom is -0.473 e. The van der Waals surface area contributed by atoms with Gasteiger partial charge in [-0.15, -0.1) is 0 Å². The van der Waals surface area contributed by atoms with Gasteiger partial charge in [0, 0.05) is 37.7 Å². The number of nitrogens with one attached hydrogen (secondary N) is 1. The van der Waals surface area contributed by atoms with Crippen molar-refractivity contribution in [1.82, 2.24) is 24.6 Å². The van der Waals surface area contributed by atoms with Crippen LogP contribution in [0, 0.1) is 0 Å². The van der Waals surface area contributed by atoms with Gasteiger partial charge in [-0.3, -0.25) is 9.48 Å². The van der Waals surface area contributed by atoms with Gasteiger partial charge < -0.3 is 14.6 Å². The summed E-state index contributed by atoms with van der Waals surface area (Å²) in [5.74, 6) is 1.01. The SMILES string of the molecule is Cn1ncc(C(=O)NCc2cccnc2OCc2ccccc2)c1-n1cccc1. The number of amides is 1. The smallest absolute Gasteiger partial charge is 0.256 e. The fourth-order valence-corrected chi connectivity index (χ4v) is 3.06. The van der Waals surface area contributed by atoms with Gasteiger partial charge >= 0.3 is 0 Å². The molecule has 4 rings (SSSR count). The van der Waals surface area contributed by atoms with Gasteiger partial charge in [0.2, 0.25) is 5.88 Å². The Kier molecular flexibility index (Phi) is 5.38. The van der Waals surface area contributed by atoms with E-state index in [0.717, 1.165) is 11.1 Å². The van der Waals surface area contributed by atoms with Gasteiger partial charge in [0.15, 0.2) is 0 Å². The van der Waals surface area contributed by atoms with Crippen molar-refractivity contribution in [3.63, 3.8) is 0 Å². The molecule has 29 heavy (non-hydrogen) atoms. The first-order chi connectivity index (χ1) is 14.2. The number of nitrogens with zero attached hydrogens (tertiary/aromatic N) is 4. The zero-order valence-electron chi connectivity index (χ0n) is 16.0. The molecule has 0 saturated heterocycles. The van der Waals surface area contributed by atoms with Gasteiger partial charge in [-0.05, 0) is 23.8 Å². The summed E-state index contributed by atoms with van der Waals surface area (Å²) in [6.45, 7) is 0.718. The Morgan fingerprint density at radius 3 is 2.66 bits per heavy atom. The van der Waals surface area contributed by atoms with Crippen LogP contribution in [0.1, 0.15) is 21.5 Å². The molecule has 0 bridgehead atoms. The zero-order valence-corrected chi connectivity index (χ0v) is 16.0. The summed E-state index contributed by atoms with van der Waals surface area (Å²) in [5, 5.41) is 7.17. The number of hydrogen-bond acceptors (Lipinski definition) is 4. The molecule has 0 spiro atoms. The minimum absolute atomic E-state index is 0.209. The Hall–Kier alpha value is -3.87. The number of carbonyl (C=O) groups is 1. The number of pyridine rings is 1. The highest BCUT2D eigenvalue weighted by Crippen LogP contribution is 2.17. The Morgan fingerprint density at radius 2 is 1.86 bits per heavy atom. The van der Waals surface area contributed by atoms with E-state index >= 15 is 0 Å². The van der Waals surface area contributed by atoms with Crippen LogP contribution < -0.4 is 10.1 Å². The molecule has 1 aromatic carbocycles. The average Bonchev–Trinajstić information content (AvgIpc) is 3.41. The third-order valence-corrected chi connectivity index (χ3v) is 4.51. The standard InChI is InChI=1S/C22H21N5O2/c1-26-22(27-12-5-6-13-27)19(15-25-26)20(28)24-14-18-10-7-11-23-21(18)29-16-17-8-3-2-4-9-17/h2-13,15H,14,16H2,1H3,(H,24,28). The highest BCUT2D eigenvalue weighted by molar-refractivity contribution is 5.97. The van der Waals surface area contributed by atoms with E-state index in [0.29, 0.717) is 30.4 Å². The average molecular weight is 387 g/mol. The summed E-state index contributed by atoms with van der Waals surface area (Å²) in [6.07, 6.45) is 7.01. The van der Waals surface area contributed by atoms with Crippen molar-refractivity contribution in [2.24, 2.45) is 7.05 Å². The van der Waals surface area contributed by atoms with Gasteiger partial charge in [-0.2, -0.15) is 5.10 Å². The lowest BCUT2D eigenvalue weighted by molar-refractivity contribution is 0.0950. The molecular formula is C22H21N5O2. The van der Waals surface area contributed by atoms with Crippen LogP contribution in [0.2, 0.25) is 0 Å². The van der Waals surface area contributed by atoms with Crippen LogP contribution in [0.4, 0.5) is 0 Å². The van der Waals surface area contributed by atoms with Crippen LogP contribution in [0.15, 0.2) is 79.4 Å². The maximum absolute atomic E-state index is 12.8. The molecule has 0 radical (unpaired) electrons. The topological polar surface area (TPSA) is 74.0 Å². The normalized spacial score (nSPS) is 10.7. The molecule has 0 aliphatic rings. The third kappa shape index (κ3) is 4.19. The van der Waals surface area contributed by atoms with E-state index < -0.39 is 0 Å². The molecule has 0 fully saturated rings. The third-order valence-electron chi connectivity index (χ3n) is 4.51. The molecule has 0 atom stereocenters. The minimum atomic E-state index is -0.209. The first-order valence-electron chi connectivity index (χ1n) is 9.26. The Labute approximate surface area is 168 Å². The van der Waals surface area contributed by atoms with Crippen molar-refractivity contribution < 1.29 is 9.53 Å². The lowest BCUT2D eigenvalue weighted by Crippen LogP contribution is -2.24. The Morgan fingerprint density at radius 1 is 1.07 bits per heavy atom. The van der Waals surface area contributed by atoms with Crippen LogP contribution in [0.3, 0.4) is 0 Å². The number of hydrogen-bond donors (Lipinski definition) is 1. The summed E-state index contributed by atoms with van der Waals surface area (Å²) >= 11 is 0. The molecule has 0 aliphatic carbocycles. The second-order valence-corrected chi connectivity index (χ2v) is 6.52. The van der Waals surface area contributed by atoms with Crippen molar-refractivity contribution in [2.45, 2.75) is 13.2 Å². The first-order valence-corrected chi connectivity index (χ1v) is 9.26. The van der Waals surface area contributed by atoms with E-state index in [1.54, 1.807) is 17.1 Å². The van der Waals surface area contributed by atoms with Crippen LogP contribution in [0.5, 0.6) is 5.88 Å². The van der Waals surface area contributed by atoms with E-state index in [4.69, 9.17) is 4.74 Å². The molecule has 7 heteroatoms. The number of ether oxygens (including phenoxy) is 1. The first kappa shape index (κ1) is 18.5. The highest BCUT2D eigenvalue weighted by atomic mass is 16.5. The number of rotatable bonds is 7. The molecule has 0 saturated carbocycles. The maximum Gasteiger partial charge on any atom is 0.256 e. The molecule has 3 heterocycles. The molecule has 3 aromatic heterocycles. The van der Waals surface area contributed by atoms with E-state index in [1.807, 2.05) is 78.6 Å². The fourth-order valence-electron chi connectivity index (χ4n) is 3.06. The Bertz CT molecular complexity index is 1090. The molecule has 4 aromatic rings. The van der Waals surface area contributed by atoms with Crippen molar-refractivity contribution >= 4 is 5.91 Å². The zero-order chi connectivity index (χ0) is 20.1. The number of benzene rings is 1. The summed E-state index contributed by atoms with van der Waals surface area (Å²) in [4.78, 5) is 17.1. The van der Waals surface area contributed by atoms with Crippen molar-refractivity contribution in [1.29, 1.82) is 0 Å². The quantitative estimate of drug-likeness (QED) is 0.529. The van der Waals surface area contributed by atoms with Gasteiger partial charge in [-0.1, -0.05) is 36.4 Å². The maximum atomic E-state index is 12.8. The van der Waals surface area contributed by atoms with E-state index in [9.17, 15) is 4.79 Å². The molecular weight excluding hydrogens is 366 g/mol. The van der Waals surface area contributed by atoms with Gasteiger partial charge in [0.05, 0.1) is 6.20 Å². The van der Waals surface area contributed by atoms with E-state index in [2.05, 4.69) is 15.4 Å². The second kappa shape index (κ2) is 8.43. The predicted octanol–water partition coefficient (Wildman–Crippen LogP) is 3.11. The molecule has 0 unspecified atom stereocenters. The largest absolute Gasteiger partial charge is 0.473 e. The van der Waals surface area contributed by atoms with Crippen LogP contribution >= 0.6 is 0 Å². The van der Waals surface area contributed by atoms with Crippen molar-refractivity contribution in [3.8, 4) is 11.7 Å². The lowest BCUT2D eigenvalue weighted by Gasteiger charge is -2.12. The number of carbonyl (C=O) groups excluding carboxylic acids is 1. The van der Waals surface area contributed by atoms with Gasteiger partial charge in [-0.25, -0.2) is 4.98 Å². The van der Waals surface area contributed by atoms with Crippen LogP contribution in [-0.4, -0.2) is 25.2 Å². The lowest BCUT2D eigenvalue weighted by atomic mass is 10.2. The molecule has 1 N–H and O–H groups in total. The Balaban J connectivity index is 1.46. The monoisotopic (exact) mass is 387 g/mol. The van der Waals surface area contributed by atoms with Crippen LogP contribution in [0.25, 0.3) is 5.82 Å². The highest BCUT2D eigenvalue weighted by Gasteiger charge is 2.17. The molecule has 0 aliphatic heterocycles. The molecule has 7 nitrogen and oxygen atoms in total. The molecule has 146 valence electrons. The summed E-state index contributed by atoms with van der Waals surface area (Å²) in [7, 11) is 1.81. The van der Waals surface area contributed by atoms with Crippen molar-refractivity contribution in [3.05, 3.63) is 96.1 Å². The second-order valence-electron chi connectivity index (χ2n) is 6.52. The van der Waals surface area contributed by atoms with E-state index in [-0.39, 0.29) is 5.91 Å². The van der Waals surface area contributed by atoms with Gasteiger partial charge in [0.1, 0.15) is 18.0 Å². The summed E-state index contributed by atoms with van der Waals surface area (Å²) < 4.78 is 9.40. The number of aromatic nitrogens is 4. The van der Waals surface area contributed by atoms with Crippen LogP contribution in [-0.2, 0) is 20.2 Å². The van der Waals surface area contributed by atoms with Gasteiger partial charge in [0.25, 0.3) is 5.91 Å². The summed E-state index contributed by atoms with van der Waals surface area (Å²) in [6, 6.07) is 17.4. The molecule has 1 amide bonds. The summed E-state index contributed by atoms with van der Waals surface area (Å²) in [5.41, 5.74) is 2.36. The number of aryl methyl sites for hydroxylation is 1. The predicted molar refractivity (Wildman–Crippen MR) is 109 cm³/mol. The van der Waals surface area contributed by atoms with E-state index in [1.165, 1.54) is 0 Å².